The van der Waals surface area contributed by atoms with E-state index in [0.29, 0.717) is 12.3 Å². The number of hydrogen-bond donors (Lipinski definition) is 1. The van der Waals surface area contributed by atoms with Crippen molar-refractivity contribution in [2.24, 2.45) is 0 Å². The second kappa shape index (κ2) is 6.48. The number of nitrogens with one attached hydrogen (secondary N) is 1. The van der Waals surface area contributed by atoms with E-state index in [4.69, 9.17) is 21.1 Å². The van der Waals surface area contributed by atoms with Gasteiger partial charge in [0.15, 0.2) is 0 Å². The summed E-state index contributed by atoms with van der Waals surface area (Å²) in [5.74, 6) is 0.986. The van der Waals surface area contributed by atoms with E-state index in [1.54, 1.807) is 20.3 Å². The lowest BCUT2D eigenvalue weighted by Gasteiger charge is -2.13. The lowest BCUT2D eigenvalue weighted by molar-refractivity contribution is 0.404. The van der Waals surface area contributed by atoms with Crippen molar-refractivity contribution < 1.29 is 13.9 Å². The Morgan fingerprint density at radius 3 is 2.55 bits per heavy atom. The lowest BCUT2D eigenvalue weighted by atomic mass is 10.2. The molecule has 20 heavy (non-hydrogen) atoms. The van der Waals surface area contributed by atoms with Crippen molar-refractivity contribution >= 4 is 17.3 Å². The van der Waals surface area contributed by atoms with Gasteiger partial charge < -0.3 is 14.8 Å². The van der Waals surface area contributed by atoms with E-state index in [2.05, 4.69) is 5.32 Å². The van der Waals surface area contributed by atoms with Crippen molar-refractivity contribution in [2.45, 2.75) is 6.54 Å². The van der Waals surface area contributed by atoms with Gasteiger partial charge in [-0.05, 0) is 29.8 Å². The number of halogens is 2. The van der Waals surface area contributed by atoms with E-state index in [1.807, 2.05) is 18.2 Å². The van der Waals surface area contributed by atoms with Crippen LogP contribution in [0.3, 0.4) is 0 Å². The minimum absolute atomic E-state index is 0.118. The van der Waals surface area contributed by atoms with Gasteiger partial charge in [0.05, 0.1) is 24.9 Å². The Bertz CT molecular complexity index is 604. The summed E-state index contributed by atoms with van der Waals surface area (Å²) in [5.41, 5.74) is 1.57. The van der Waals surface area contributed by atoms with Crippen molar-refractivity contribution in [1.29, 1.82) is 0 Å². The smallest absolute Gasteiger partial charge is 0.142 e. The van der Waals surface area contributed by atoms with Crippen LogP contribution in [0.5, 0.6) is 11.5 Å². The van der Waals surface area contributed by atoms with Gasteiger partial charge in [-0.2, -0.15) is 0 Å². The Hall–Kier alpha value is -1.94. The first-order valence-corrected chi connectivity index (χ1v) is 6.41. The zero-order valence-corrected chi connectivity index (χ0v) is 12.0. The molecular formula is C15H15ClFNO2. The zero-order valence-electron chi connectivity index (χ0n) is 11.2. The third-order valence-electron chi connectivity index (χ3n) is 2.87. The van der Waals surface area contributed by atoms with E-state index in [1.165, 1.54) is 12.1 Å². The highest BCUT2D eigenvalue weighted by atomic mass is 35.5. The summed E-state index contributed by atoms with van der Waals surface area (Å²) in [6.45, 7) is 0.456. The molecule has 0 unspecified atom stereocenters. The molecule has 2 rings (SSSR count). The second-order valence-corrected chi connectivity index (χ2v) is 4.58. The van der Waals surface area contributed by atoms with E-state index < -0.39 is 5.82 Å². The molecule has 0 aliphatic rings. The summed E-state index contributed by atoms with van der Waals surface area (Å²) in [5, 5.41) is 3.31. The lowest BCUT2D eigenvalue weighted by Crippen LogP contribution is -2.02. The average Bonchev–Trinajstić information content (AvgIpc) is 2.48. The predicted octanol–water partition coefficient (Wildman–Crippen LogP) is 4.11. The largest absolute Gasteiger partial charge is 0.497 e. The maximum Gasteiger partial charge on any atom is 0.142 e. The maximum absolute atomic E-state index is 13.4. The molecule has 0 atom stereocenters. The quantitative estimate of drug-likeness (QED) is 0.900. The van der Waals surface area contributed by atoms with Gasteiger partial charge in [-0.1, -0.05) is 17.7 Å². The van der Waals surface area contributed by atoms with Crippen LogP contribution in [0, 0.1) is 5.82 Å². The third kappa shape index (κ3) is 3.33. The normalized spacial score (nSPS) is 10.2. The minimum Gasteiger partial charge on any atom is -0.497 e. The van der Waals surface area contributed by atoms with Crippen molar-refractivity contribution in [1.82, 2.24) is 0 Å². The molecule has 0 saturated carbocycles. The number of anilines is 1. The fourth-order valence-electron chi connectivity index (χ4n) is 1.80. The highest BCUT2D eigenvalue weighted by Gasteiger charge is 2.06. The molecule has 1 N–H and O–H groups in total. The molecule has 5 heteroatoms. The van der Waals surface area contributed by atoms with Crippen LogP contribution in [0.25, 0.3) is 0 Å². The zero-order chi connectivity index (χ0) is 14.5. The molecule has 0 aliphatic carbocycles. The van der Waals surface area contributed by atoms with Gasteiger partial charge in [-0.3, -0.25) is 0 Å². The molecule has 0 aromatic heterocycles. The summed E-state index contributed by atoms with van der Waals surface area (Å²) in [6, 6.07) is 10.2. The number of benzene rings is 2. The number of rotatable bonds is 5. The molecule has 106 valence electrons. The fourth-order valence-corrected chi connectivity index (χ4v) is 1.92. The molecule has 0 saturated heterocycles. The van der Waals surface area contributed by atoms with Crippen LogP contribution < -0.4 is 14.8 Å². The van der Waals surface area contributed by atoms with Crippen molar-refractivity contribution in [3.8, 4) is 11.5 Å². The van der Waals surface area contributed by atoms with Crippen molar-refractivity contribution in [3.05, 3.63) is 52.8 Å². The van der Waals surface area contributed by atoms with Gasteiger partial charge in [-0.15, -0.1) is 0 Å². The summed E-state index contributed by atoms with van der Waals surface area (Å²) in [4.78, 5) is 0. The standard InChI is InChI=1S/C15H15ClFNO2/c1-19-11-4-6-15(20-2)14(8-11)18-9-10-3-5-12(16)13(17)7-10/h3-8,18H,9H2,1-2H3. The molecule has 2 aromatic rings. The predicted molar refractivity (Wildman–Crippen MR) is 78.3 cm³/mol. The Labute approximate surface area is 122 Å². The van der Waals surface area contributed by atoms with Crippen LogP contribution in [0.1, 0.15) is 5.56 Å². The Morgan fingerprint density at radius 1 is 1.10 bits per heavy atom. The van der Waals surface area contributed by atoms with Crippen LogP contribution in [-0.2, 0) is 6.54 Å². The van der Waals surface area contributed by atoms with Crippen LogP contribution in [0.2, 0.25) is 5.02 Å². The number of ether oxygens (including phenoxy) is 2. The average molecular weight is 296 g/mol. The molecule has 0 bridgehead atoms. The van der Waals surface area contributed by atoms with E-state index in [0.717, 1.165) is 17.0 Å². The van der Waals surface area contributed by atoms with Gasteiger partial charge in [-0.25, -0.2) is 4.39 Å². The van der Waals surface area contributed by atoms with Crippen LogP contribution in [0.15, 0.2) is 36.4 Å². The number of methoxy groups -OCH3 is 2. The molecule has 2 aromatic carbocycles. The van der Waals surface area contributed by atoms with E-state index >= 15 is 0 Å². The topological polar surface area (TPSA) is 30.5 Å². The second-order valence-electron chi connectivity index (χ2n) is 4.17. The van der Waals surface area contributed by atoms with Gasteiger partial charge in [0.1, 0.15) is 17.3 Å². The molecule has 0 heterocycles. The number of hydrogen-bond acceptors (Lipinski definition) is 3. The SMILES string of the molecule is COc1ccc(OC)c(NCc2ccc(Cl)c(F)c2)c1. The summed E-state index contributed by atoms with van der Waals surface area (Å²) in [6.07, 6.45) is 0. The highest BCUT2D eigenvalue weighted by molar-refractivity contribution is 6.30. The van der Waals surface area contributed by atoms with Crippen LogP contribution in [0.4, 0.5) is 10.1 Å². The Kier molecular flexibility index (Phi) is 4.69. The Morgan fingerprint density at radius 2 is 1.90 bits per heavy atom. The van der Waals surface area contributed by atoms with E-state index in [-0.39, 0.29) is 5.02 Å². The van der Waals surface area contributed by atoms with Gasteiger partial charge in [0, 0.05) is 12.6 Å². The summed E-state index contributed by atoms with van der Waals surface area (Å²) in [7, 11) is 3.19. The first-order chi connectivity index (χ1) is 9.63. The van der Waals surface area contributed by atoms with Crippen LogP contribution >= 0.6 is 11.6 Å². The molecule has 0 aliphatic heterocycles. The van der Waals surface area contributed by atoms with Crippen molar-refractivity contribution in [2.75, 3.05) is 19.5 Å². The maximum atomic E-state index is 13.4. The minimum atomic E-state index is -0.427. The summed E-state index contributed by atoms with van der Waals surface area (Å²) < 4.78 is 23.8. The first kappa shape index (κ1) is 14.5. The van der Waals surface area contributed by atoms with Gasteiger partial charge in [0.25, 0.3) is 0 Å². The van der Waals surface area contributed by atoms with Crippen LogP contribution in [-0.4, -0.2) is 14.2 Å². The summed E-state index contributed by atoms with van der Waals surface area (Å²) >= 11 is 5.65. The van der Waals surface area contributed by atoms with Gasteiger partial charge in [0.2, 0.25) is 0 Å². The van der Waals surface area contributed by atoms with Gasteiger partial charge >= 0.3 is 0 Å². The molecular weight excluding hydrogens is 281 g/mol. The van der Waals surface area contributed by atoms with E-state index in [9.17, 15) is 4.39 Å². The fraction of sp³-hybridized carbons (Fsp3) is 0.200. The Balaban J connectivity index is 2.15. The molecule has 3 nitrogen and oxygen atoms in total. The highest BCUT2D eigenvalue weighted by Crippen LogP contribution is 2.29. The molecule has 0 spiro atoms. The third-order valence-corrected chi connectivity index (χ3v) is 3.18. The van der Waals surface area contributed by atoms with Crippen molar-refractivity contribution in [3.63, 3.8) is 0 Å². The monoisotopic (exact) mass is 295 g/mol. The molecule has 0 radical (unpaired) electrons. The molecule has 0 fully saturated rings. The molecule has 0 amide bonds. The first-order valence-electron chi connectivity index (χ1n) is 6.04.